The second kappa shape index (κ2) is 5.14. The van der Waals surface area contributed by atoms with Crippen LogP contribution in [0.15, 0.2) is 5.38 Å². The van der Waals surface area contributed by atoms with Crippen molar-refractivity contribution in [1.29, 1.82) is 0 Å². The van der Waals surface area contributed by atoms with Gasteiger partial charge in [-0.15, -0.1) is 11.3 Å². The Bertz CT molecular complexity index is 626. The Kier molecular flexibility index (Phi) is 3.56. The van der Waals surface area contributed by atoms with E-state index in [1.807, 2.05) is 12.3 Å². The van der Waals surface area contributed by atoms with E-state index in [1.54, 1.807) is 0 Å². The maximum absolute atomic E-state index is 11.0. The highest BCUT2D eigenvalue weighted by Crippen LogP contribution is 2.26. The molecule has 0 fully saturated rings. The topological polar surface area (TPSA) is 120 Å². The SMILES string of the molecule is Cc1csc(CNc2nc(N)nc(C)c2[N+](=O)[O-])n1. The van der Waals surface area contributed by atoms with Gasteiger partial charge in [0.2, 0.25) is 11.8 Å². The Morgan fingerprint density at radius 3 is 2.74 bits per heavy atom. The molecule has 0 aliphatic heterocycles. The fourth-order valence-corrected chi connectivity index (χ4v) is 2.29. The molecular formula is C10H12N6O2S. The molecule has 0 unspecified atom stereocenters. The van der Waals surface area contributed by atoms with E-state index < -0.39 is 4.92 Å². The number of nitrogen functional groups attached to an aromatic ring is 1. The van der Waals surface area contributed by atoms with Crippen molar-refractivity contribution in [3.63, 3.8) is 0 Å². The molecule has 0 aliphatic rings. The summed E-state index contributed by atoms with van der Waals surface area (Å²) >= 11 is 1.47. The minimum Gasteiger partial charge on any atom is -0.368 e. The molecule has 0 aromatic carbocycles. The molecule has 2 rings (SSSR count). The van der Waals surface area contributed by atoms with Crippen LogP contribution in [0.25, 0.3) is 0 Å². The number of nitro groups is 1. The molecule has 2 heterocycles. The van der Waals surface area contributed by atoms with Crippen molar-refractivity contribution < 1.29 is 4.92 Å². The summed E-state index contributed by atoms with van der Waals surface area (Å²) in [5.41, 5.74) is 6.48. The molecule has 9 heteroatoms. The van der Waals surface area contributed by atoms with Gasteiger partial charge in [-0.3, -0.25) is 10.1 Å². The number of hydrogen-bond acceptors (Lipinski definition) is 8. The van der Waals surface area contributed by atoms with E-state index in [2.05, 4.69) is 20.3 Å². The van der Waals surface area contributed by atoms with Crippen molar-refractivity contribution >= 4 is 28.8 Å². The van der Waals surface area contributed by atoms with Gasteiger partial charge in [0.05, 0.1) is 11.5 Å². The molecular weight excluding hydrogens is 268 g/mol. The quantitative estimate of drug-likeness (QED) is 0.645. The maximum atomic E-state index is 11.0. The van der Waals surface area contributed by atoms with Crippen molar-refractivity contribution in [2.45, 2.75) is 20.4 Å². The van der Waals surface area contributed by atoms with Gasteiger partial charge >= 0.3 is 5.69 Å². The molecule has 3 N–H and O–H groups in total. The van der Waals surface area contributed by atoms with Crippen LogP contribution in [0.2, 0.25) is 0 Å². The van der Waals surface area contributed by atoms with Gasteiger partial charge in [0.15, 0.2) is 0 Å². The Balaban J connectivity index is 2.26. The summed E-state index contributed by atoms with van der Waals surface area (Å²) < 4.78 is 0. The van der Waals surface area contributed by atoms with Crippen molar-refractivity contribution in [3.05, 3.63) is 31.9 Å². The lowest BCUT2D eigenvalue weighted by Crippen LogP contribution is -2.09. The molecule has 19 heavy (non-hydrogen) atoms. The van der Waals surface area contributed by atoms with Crippen LogP contribution in [0.5, 0.6) is 0 Å². The third-order valence-corrected chi connectivity index (χ3v) is 3.30. The first-order valence-electron chi connectivity index (χ1n) is 5.40. The Morgan fingerprint density at radius 2 is 2.16 bits per heavy atom. The van der Waals surface area contributed by atoms with Crippen LogP contribution in [0.1, 0.15) is 16.4 Å². The number of hydrogen-bond donors (Lipinski definition) is 2. The van der Waals surface area contributed by atoms with Gasteiger partial charge in [-0.05, 0) is 13.8 Å². The molecule has 8 nitrogen and oxygen atoms in total. The number of aromatic nitrogens is 3. The normalized spacial score (nSPS) is 10.4. The highest BCUT2D eigenvalue weighted by Gasteiger charge is 2.21. The van der Waals surface area contributed by atoms with E-state index >= 15 is 0 Å². The molecule has 0 radical (unpaired) electrons. The van der Waals surface area contributed by atoms with Crippen LogP contribution in [-0.4, -0.2) is 19.9 Å². The number of nitrogens with one attached hydrogen (secondary N) is 1. The van der Waals surface area contributed by atoms with Gasteiger partial charge < -0.3 is 11.1 Å². The second-order valence-corrected chi connectivity index (χ2v) is 4.80. The monoisotopic (exact) mass is 280 g/mol. The lowest BCUT2D eigenvalue weighted by molar-refractivity contribution is -0.385. The molecule has 2 aromatic heterocycles. The van der Waals surface area contributed by atoms with E-state index in [9.17, 15) is 10.1 Å². The Morgan fingerprint density at radius 1 is 1.42 bits per heavy atom. The number of anilines is 2. The summed E-state index contributed by atoms with van der Waals surface area (Å²) in [4.78, 5) is 22.4. The van der Waals surface area contributed by atoms with Gasteiger partial charge in [-0.2, -0.15) is 4.98 Å². The zero-order chi connectivity index (χ0) is 14.0. The molecule has 0 amide bonds. The molecule has 2 aromatic rings. The minimum atomic E-state index is -0.524. The van der Waals surface area contributed by atoms with E-state index in [1.165, 1.54) is 18.3 Å². The highest BCUT2D eigenvalue weighted by atomic mass is 32.1. The summed E-state index contributed by atoms with van der Waals surface area (Å²) in [6.07, 6.45) is 0. The van der Waals surface area contributed by atoms with E-state index in [-0.39, 0.29) is 23.1 Å². The predicted octanol–water partition coefficient (Wildman–Crippen LogP) is 1.65. The standard InChI is InChI=1S/C10H12N6O2S/c1-5-4-19-7(13-5)3-12-9-8(16(17)18)6(2)14-10(11)15-9/h4H,3H2,1-2H3,(H3,11,12,14,15). The van der Waals surface area contributed by atoms with Gasteiger partial charge in [-0.1, -0.05) is 0 Å². The smallest absolute Gasteiger partial charge is 0.332 e. The van der Waals surface area contributed by atoms with E-state index in [0.29, 0.717) is 6.54 Å². The third kappa shape index (κ3) is 2.94. The van der Waals surface area contributed by atoms with Gasteiger partial charge in [0.1, 0.15) is 10.7 Å². The summed E-state index contributed by atoms with van der Waals surface area (Å²) in [6, 6.07) is 0. The Labute approximate surface area is 112 Å². The average molecular weight is 280 g/mol. The number of nitrogens with two attached hydrogens (primary N) is 1. The van der Waals surface area contributed by atoms with Crippen LogP contribution in [0.4, 0.5) is 17.5 Å². The van der Waals surface area contributed by atoms with Gasteiger partial charge in [0.25, 0.3) is 0 Å². The largest absolute Gasteiger partial charge is 0.368 e. The lowest BCUT2D eigenvalue weighted by Gasteiger charge is -2.06. The van der Waals surface area contributed by atoms with Crippen LogP contribution in [0.3, 0.4) is 0 Å². The summed E-state index contributed by atoms with van der Waals surface area (Å²) in [7, 11) is 0. The first kappa shape index (κ1) is 13.1. The van der Waals surface area contributed by atoms with Crippen molar-refractivity contribution in [2.75, 3.05) is 11.1 Å². The molecule has 0 atom stereocenters. The Hall–Kier alpha value is -2.29. The second-order valence-electron chi connectivity index (χ2n) is 3.86. The van der Waals surface area contributed by atoms with Crippen LogP contribution in [-0.2, 0) is 6.54 Å². The first-order valence-corrected chi connectivity index (χ1v) is 6.28. The van der Waals surface area contributed by atoms with Crippen molar-refractivity contribution in [3.8, 4) is 0 Å². The predicted molar refractivity (Wildman–Crippen MR) is 72.0 cm³/mol. The van der Waals surface area contributed by atoms with Gasteiger partial charge in [0, 0.05) is 11.1 Å². The third-order valence-electron chi connectivity index (χ3n) is 2.33. The fourth-order valence-electron chi connectivity index (χ4n) is 1.57. The molecule has 0 saturated heterocycles. The summed E-state index contributed by atoms with van der Waals surface area (Å²) in [5.74, 6) is 0.115. The van der Waals surface area contributed by atoms with Crippen LogP contribution >= 0.6 is 11.3 Å². The molecule has 0 spiro atoms. The van der Waals surface area contributed by atoms with E-state index in [4.69, 9.17) is 5.73 Å². The van der Waals surface area contributed by atoms with Crippen molar-refractivity contribution in [1.82, 2.24) is 15.0 Å². The summed E-state index contributed by atoms with van der Waals surface area (Å²) in [6.45, 7) is 3.76. The van der Waals surface area contributed by atoms with E-state index in [0.717, 1.165) is 10.7 Å². The van der Waals surface area contributed by atoms with Crippen molar-refractivity contribution in [2.24, 2.45) is 0 Å². The lowest BCUT2D eigenvalue weighted by atomic mass is 10.3. The zero-order valence-corrected chi connectivity index (χ0v) is 11.2. The summed E-state index contributed by atoms with van der Waals surface area (Å²) in [5, 5.41) is 16.6. The average Bonchev–Trinajstić information content (AvgIpc) is 2.71. The number of thiazole rings is 1. The maximum Gasteiger partial charge on any atom is 0.332 e. The first-order chi connectivity index (χ1) is 8.97. The zero-order valence-electron chi connectivity index (χ0n) is 10.4. The van der Waals surface area contributed by atoms with Gasteiger partial charge in [-0.25, -0.2) is 9.97 Å². The molecule has 0 saturated carbocycles. The number of nitrogens with zero attached hydrogens (tertiary/aromatic N) is 4. The fraction of sp³-hybridized carbons (Fsp3) is 0.300. The minimum absolute atomic E-state index is 0.000851. The van der Waals surface area contributed by atoms with Crippen LogP contribution < -0.4 is 11.1 Å². The number of rotatable bonds is 4. The molecule has 0 aliphatic carbocycles. The highest BCUT2D eigenvalue weighted by molar-refractivity contribution is 7.09. The van der Waals surface area contributed by atoms with Crippen LogP contribution in [0, 0.1) is 24.0 Å². The molecule has 0 bridgehead atoms. The molecule has 100 valence electrons. The number of aryl methyl sites for hydroxylation is 2.